The van der Waals surface area contributed by atoms with Crippen LogP contribution in [-0.4, -0.2) is 17.5 Å². The monoisotopic (exact) mass is 440 g/mol. The number of carbonyl (C=O) groups is 2. The van der Waals surface area contributed by atoms with Gasteiger partial charge in [0.05, 0.1) is 0 Å². The summed E-state index contributed by atoms with van der Waals surface area (Å²) >= 11 is 1.79. The fourth-order valence-electron chi connectivity index (χ4n) is 3.29. The number of ketones is 1. The average molecular weight is 441 g/mol. The molecule has 31 heavy (non-hydrogen) atoms. The smallest absolute Gasteiger partial charge is 0.289 e. The van der Waals surface area contributed by atoms with Crippen LogP contribution in [0.25, 0.3) is 6.08 Å². The van der Waals surface area contributed by atoms with Crippen molar-refractivity contribution in [1.29, 1.82) is 0 Å². The van der Waals surface area contributed by atoms with Crippen molar-refractivity contribution in [1.82, 2.24) is 0 Å². The van der Waals surface area contributed by atoms with Crippen LogP contribution in [0.2, 0.25) is 0 Å². The van der Waals surface area contributed by atoms with E-state index in [1.165, 1.54) is 4.90 Å². The summed E-state index contributed by atoms with van der Waals surface area (Å²) < 4.78 is 0. The van der Waals surface area contributed by atoms with E-state index in [2.05, 4.69) is 27.7 Å². The van der Waals surface area contributed by atoms with E-state index >= 15 is 0 Å². The molecule has 0 atom stereocenters. The summed E-state index contributed by atoms with van der Waals surface area (Å²) in [6, 6.07) is 11.4. The third-order valence-electron chi connectivity index (χ3n) is 4.74. The SMILES string of the molecule is CCCSc1ccc(C(=O)C=Cc2ccc(OOC(=O)CC)c(C)c2C(C)(C)C)cc1. The fourth-order valence-corrected chi connectivity index (χ4v) is 4.05. The second kappa shape index (κ2) is 11.2. The largest absolute Gasteiger partial charge is 0.355 e. The molecule has 0 fully saturated rings. The van der Waals surface area contributed by atoms with E-state index in [-0.39, 0.29) is 17.6 Å². The molecule has 2 aromatic rings. The van der Waals surface area contributed by atoms with Crippen LogP contribution in [0, 0.1) is 6.92 Å². The topological polar surface area (TPSA) is 52.6 Å². The molecule has 0 saturated heterocycles. The Balaban J connectivity index is 2.26. The molecule has 4 nitrogen and oxygen atoms in total. The lowest BCUT2D eigenvalue weighted by atomic mass is 9.80. The van der Waals surface area contributed by atoms with Crippen molar-refractivity contribution in [2.75, 3.05) is 5.75 Å². The van der Waals surface area contributed by atoms with E-state index in [0.717, 1.165) is 28.9 Å². The number of allylic oxidation sites excluding steroid dienone is 1. The van der Waals surface area contributed by atoms with Gasteiger partial charge in [-0.25, -0.2) is 4.79 Å². The zero-order chi connectivity index (χ0) is 23.0. The molecule has 0 spiro atoms. The van der Waals surface area contributed by atoms with E-state index < -0.39 is 5.97 Å². The molecule has 0 saturated carbocycles. The summed E-state index contributed by atoms with van der Waals surface area (Å²) in [4.78, 5) is 35.4. The van der Waals surface area contributed by atoms with Crippen molar-refractivity contribution >= 4 is 29.6 Å². The number of hydrogen-bond acceptors (Lipinski definition) is 5. The van der Waals surface area contributed by atoms with E-state index in [4.69, 9.17) is 9.78 Å². The lowest BCUT2D eigenvalue weighted by Crippen LogP contribution is -2.16. The Hall–Kier alpha value is -2.53. The van der Waals surface area contributed by atoms with Gasteiger partial charge in [0.2, 0.25) is 0 Å². The molecule has 5 heteroatoms. The van der Waals surface area contributed by atoms with E-state index in [1.807, 2.05) is 43.3 Å². The standard InChI is InChI=1S/C26H32O4S/c1-7-17-31-21-13-9-19(10-14-21)22(27)15-11-20-12-16-23(29-30-24(28)8-2)18(3)25(20)26(4,5)6/h9-16H,7-8,17H2,1-6H3. The van der Waals surface area contributed by atoms with Crippen molar-refractivity contribution < 1.29 is 19.4 Å². The molecule has 0 radical (unpaired) electrons. The van der Waals surface area contributed by atoms with Crippen molar-refractivity contribution in [2.24, 2.45) is 0 Å². The van der Waals surface area contributed by atoms with Crippen LogP contribution in [-0.2, 0) is 15.1 Å². The highest BCUT2D eigenvalue weighted by Crippen LogP contribution is 2.35. The molecule has 2 aromatic carbocycles. The molecule has 0 aliphatic carbocycles. The van der Waals surface area contributed by atoms with Crippen LogP contribution >= 0.6 is 11.8 Å². The summed E-state index contributed by atoms with van der Waals surface area (Å²) in [6.07, 6.45) is 4.81. The quantitative estimate of drug-likeness (QED) is 0.139. The Labute approximate surface area is 190 Å². The number of benzene rings is 2. The van der Waals surface area contributed by atoms with Crippen molar-refractivity contribution in [3.05, 3.63) is 64.7 Å². The maximum Gasteiger partial charge on any atom is 0.355 e. The van der Waals surface area contributed by atoms with Crippen LogP contribution in [0.4, 0.5) is 0 Å². The molecule has 0 heterocycles. The Morgan fingerprint density at radius 3 is 2.29 bits per heavy atom. The van der Waals surface area contributed by atoms with Crippen LogP contribution < -0.4 is 4.89 Å². The third-order valence-corrected chi connectivity index (χ3v) is 5.95. The molecular formula is C26H32O4S. The predicted molar refractivity (Wildman–Crippen MR) is 128 cm³/mol. The minimum Gasteiger partial charge on any atom is -0.289 e. The van der Waals surface area contributed by atoms with Gasteiger partial charge >= 0.3 is 5.97 Å². The van der Waals surface area contributed by atoms with Crippen molar-refractivity contribution in [3.8, 4) is 5.75 Å². The minimum absolute atomic E-state index is 0.0400. The maximum absolute atomic E-state index is 12.7. The first-order valence-corrected chi connectivity index (χ1v) is 11.6. The van der Waals surface area contributed by atoms with E-state index in [9.17, 15) is 9.59 Å². The van der Waals surface area contributed by atoms with Gasteiger partial charge in [-0.15, -0.1) is 11.8 Å². The molecule has 0 aliphatic heterocycles. The second-order valence-corrected chi connectivity index (χ2v) is 9.53. The molecule has 0 aromatic heterocycles. The number of thioether (sulfide) groups is 1. The number of rotatable bonds is 9. The maximum atomic E-state index is 12.7. The number of carbonyl (C=O) groups excluding carboxylic acids is 2. The molecule has 2 rings (SSSR count). The predicted octanol–water partition coefficient (Wildman–Crippen LogP) is 6.94. The highest BCUT2D eigenvalue weighted by atomic mass is 32.2. The Morgan fingerprint density at radius 1 is 1.03 bits per heavy atom. The molecule has 0 N–H and O–H groups in total. The minimum atomic E-state index is -0.426. The van der Waals surface area contributed by atoms with E-state index in [1.54, 1.807) is 30.8 Å². The van der Waals surface area contributed by atoms with Gasteiger partial charge in [0.1, 0.15) is 0 Å². The highest BCUT2D eigenvalue weighted by molar-refractivity contribution is 7.99. The molecule has 0 aliphatic rings. The molecule has 166 valence electrons. The van der Waals surface area contributed by atoms with Crippen LogP contribution in [0.3, 0.4) is 0 Å². The van der Waals surface area contributed by atoms with Crippen LogP contribution in [0.5, 0.6) is 5.75 Å². The first-order valence-electron chi connectivity index (χ1n) is 10.6. The first kappa shape index (κ1) is 24.7. The van der Waals surface area contributed by atoms with Gasteiger partial charge in [0, 0.05) is 22.4 Å². The van der Waals surface area contributed by atoms with Gasteiger partial charge in [0.15, 0.2) is 11.5 Å². The second-order valence-electron chi connectivity index (χ2n) is 8.37. The summed E-state index contributed by atoms with van der Waals surface area (Å²) in [5.74, 6) is 1.10. The lowest BCUT2D eigenvalue weighted by molar-refractivity contribution is -0.213. The zero-order valence-corrected chi connectivity index (χ0v) is 20.1. The van der Waals surface area contributed by atoms with Gasteiger partial charge in [-0.2, -0.15) is 0 Å². The average Bonchev–Trinajstić information content (AvgIpc) is 2.74. The van der Waals surface area contributed by atoms with Crippen molar-refractivity contribution in [3.63, 3.8) is 0 Å². The summed E-state index contributed by atoms with van der Waals surface area (Å²) in [6.45, 7) is 12.1. The summed E-state index contributed by atoms with van der Waals surface area (Å²) in [7, 11) is 0. The normalized spacial score (nSPS) is 11.5. The molecule has 0 bridgehead atoms. The van der Waals surface area contributed by atoms with Gasteiger partial charge in [-0.05, 0) is 72.0 Å². The highest BCUT2D eigenvalue weighted by Gasteiger charge is 2.23. The molecular weight excluding hydrogens is 408 g/mol. The summed E-state index contributed by atoms with van der Waals surface area (Å²) in [5, 5.41) is 0. The van der Waals surface area contributed by atoms with Crippen LogP contribution in [0.15, 0.2) is 47.4 Å². The molecule has 0 amide bonds. The third kappa shape index (κ3) is 7.00. The zero-order valence-electron chi connectivity index (χ0n) is 19.3. The van der Waals surface area contributed by atoms with Gasteiger partial charge in [-0.3, -0.25) is 14.6 Å². The van der Waals surface area contributed by atoms with Gasteiger partial charge in [0.25, 0.3) is 0 Å². The lowest BCUT2D eigenvalue weighted by Gasteiger charge is -2.25. The Morgan fingerprint density at radius 2 is 1.71 bits per heavy atom. The Bertz CT molecular complexity index is 937. The van der Waals surface area contributed by atoms with Crippen molar-refractivity contribution in [2.45, 2.75) is 64.7 Å². The van der Waals surface area contributed by atoms with Gasteiger partial charge < -0.3 is 0 Å². The van der Waals surface area contributed by atoms with Gasteiger partial charge in [-0.1, -0.05) is 46.8 Å². The number of hydrogen-bond donors (Lipinski definition) is 0. The van der Waals surface area contributed by atoms with Crippen LogP contribution in [0.1, 0.15) is 74.5 Å². The first-order chi connectivity index (χ1) is 14.7. The Kier molecular flexibility index (Phi) is 8.93. The van der Waals surface area contributed by atoms with E-state index in [0.29, 0.717) is 11.3 Å². The summed E-state index contributed by atoms with van der Waals surface area (Å²) in [5.41, 5.74) is 3.32. The fraction of sp³-hybridized carbons (Fsp3) is 0.385. The molecule has 0 unspecified atom stereocenters.